The summed E-state index contributed by atoms with van der Waals surface area (Å²) < 4.78 is 32.3. The molecular formula is C22H26BrN3O4S2. The third-order valence-electron chi connectivity index (χ3n) is 4.86. The summed E-state index contributed by atoms with van der Waals surface area (Å²) in [6, 6.07) is 12.1. The summed E-state index contributed by atoms with van der Waals surface area (Å²) >= 11 is 4.92. The summed E-state index contributed by atoms with van der Waals surface area (Å²) in [7, 11) is 1.94. The van der Waals surface area contributed by atoms with E-state index in [1.807, 2.05) is 37.2 Å². The molecule has 0 saturated heterocycles. The number of thiazole rings is 1. The van der Waals surface area contributed by atoms with Crippen LogP contribution in [0, 0.1) is 0 Å². The number of anilines is 1. The first-order chi connectivity index (χ1) is 15.2. The van der Waals surface area contributed by atoms with E-state index >= 15 is 0 Å². The number of fused-ring (bicyclic) bond motifs is 1. The van der Waals surface area contributed by atoms with Gasteiger partial charge in [0.05, 0.1) is 28.0 Å². The second kappa shape index (κ2) is 10.7. The number of benzene rings is 2. The first-order valence-corrected chi connectivity index (χ1v) is 13.3. The van der Waals surface area contributed by atoms with Crippen LogP contribution in [0.1, 0.15) is 12.8 Å². The maximum Gasteiger partial charge on any atom is 0.228 e. The van der Waals surface area contributed by atoms with Crippen LogP contribution in [0.5, 0.6) is 5.75 Å². The number of amides is 1. The average molecular weight is 541 g/mol. The number of ether oxygens (including phenoxy) is 1. The fourth-order valence-corrected chi connectivity index (χ4v) is 5.95. The normalized spacial score (nSPS) is 11.8. The van der Waals surface area contributed by atoms with E-state index in [2.05, 4.69) is 20.9 Å². The molecule has 0 N–H and O–H groups in total. The lowest BCUT2D eigenvalue weighted by Gasteiger charge is -2.22. The van der Waals surface area contributed by atoms with Crippen molar-refractivity contribution in [3.05, 3.63) is 46.9 Å². The molecule has 1 amide bonds. The SMILES string of the molecule is COc1ccc(S(=O)(=O)CCCC(=O)N(CCN(C)C)c2nc3ccc(Br)cc3s2)cc1. The number of methoxy groups -OCH3 is 1. The molecule has 0 aliphatic carbocycles. The van der Waals surface area contributed by atoms with Crippen LogP contribution in [0.4, 0.5) is 5.13 Å². The van der Waals surface area contributed by atoms with E-state index in [1.165, 1.54) is 30.6 Å². The number of hydrogen-bond acceptors (Lipinski definition) is 7. The van der Waals surface area contributed by atoms with Gasteiger partial charge in [-0.3, -0.25) is 9.69 Å². The molecule has 3 aromatic rings. The van der Waals surface area contributed by atoms with Crippen molar-refractivity contribution in [2.45, 2.75) is 17.7 Å². The zero-order valence-electron chi connectivity index (χ0n) is 18.2. The summed E-state index contributed by atoms with van der Waals surface area (Å²) in [5, 5.41) is 0.628. The standard InChI is InChI=1S/C22H26BrN3O4S2/c1-25(2)12-13-26(22-24-19-11-6-16(23)15-20(19)31-22)21(27)5-4-14-32(28,29)18-9-7-17(30-3)8-10-18/h6-11,15H,4-5,12-14H2,1-3H3. The number of nitrogens with zero attached hydrogens (tertiary/aromatic N) is 3. The number of halogens is 1. The summed E-state index contributed by atoms with van der Waals surface area (Å²) in [6.07, 6.45) is 0.366. The minimum atomic E-state index is -3.48. The molecule has 0 spiro atoms. The molecule has 0 saturated carbocycles. The third kappa shape index (κ3) is 6.28. The number of sulfone groups is 1. The molecule has 7 nitrogen and oxygen atoms in total. The molecule has 2 aromatic carbocycles. The zero-order valence-corrected chi connectivity index (χ0v) is 21.5. The number of rotatable bonds is 10. The van der Waals surface area contributed by atoms with Gasteiger partial charge in [0.15, 0.2) is 15.0 Å². The van der Waals surface area contributed by atoms with Crippen molar-refractivity contribution < 1.29 is 17.9 Å². The Morgan fingerprint density at radius 3 is 2.50 bits per heavy atom. The molecule has 0 radical (unpaired) electrons. The first kappa shape index (κ1) is 24.6. The molecule has 32 heavy (non-hydrogen) atoms. The van der Waals surface area contributed by atoms with Crippen LogP contribution in [0.2, 0.25) is 0 Å². The number of carbonyl (C=O) groups excluding carboxylic acids is 1. The van der Waals surface area contributed by atoms with Crippen LogP contribution in [-0.4, -0.2) is 64.3 Å². The van der Waals surface area contributed by atoms with Gasteiger partial charge in [0.1, 0.15) is 5.75 Å². The van der Waals surface area contributed by atoms with Gasteiger partial charge in [0, 0.05) is 24.0 Å². The zero-order chi connectivity index (χ0) is 23.3. The Hall–Kier alpha value is -2.01. The van der Waals surface area contributed by atoms with Gasteiger partial charge in [0.2, 0.25) is 5.91 Å². The fraction of sp³-hybridized carbons (Fsp3) is 0.364. The largest absolute Gasteiger partial charge is 0.497 e. The van der Waals surface area contributed by atoms with Crippen LogP contribution < -0.4 is 9.64 Å². The Morgan fingerprint density at radius 1 is 1.12 bits per heavy atom. The molecule has 0 fully saturated rings. The average Bonchev–Trinajstić information content (AvgIpc) is 3.16. The van der Waals surface area contributed by atoms with Crippen LogP contribution in [0.15, 0.2) is 51.8 Å². The highest BCUT2D eigenvalue weighted by atomic mass is 79.9. The van der Waals surface area contributed by atoms with Gasteiger partial charge in [-0.15, -0.1) is 0 Å². The van der Waals surface area contributed by atoms with Crippen molar-refractivity contribution in [1.29, 1.82) is 0 Å². The summed E-state index contributed by atoms with van der Waals surface area (Å²) in [5.41, 5.74) is 0.831. The quantitative estimate of drug-likeness (QED) is 0.383. The van der Waals surface area contributed by atoms with Crippen LogP contribution in [-0.2, 0) is 14.6 Å². The maximum absolute atomic E-state index is 13.1. The van der Waals surface area contributed by atoms with Gasteiger partial charge in [-0.1, -0.05) is 27.3 Å². The molecule has 0 unspecified atom stereocenters. The second-order valence-electron chi connectivity index (χ2n) is 7.56. The Balaban J connectivity index is 1.70. The molecule has 3 rings (SSSR count). The Bertz CT molecular complexity index is 1180. The van der Waals surface area contributed by atoms with Crippen LogP contribution in [0.25, 0.3) is 10.2 Å². The number of likely N-dealkylation sites (N-methyl/N-ethyl adjacent to an activating group) is 1. The van der Waals surface area contributed by atoms with Gasteiger partial charge >= 0.3 is 0 Å². The van der Waals surface area contributed by atoms with Crippen molar-refractivity contribution in [2.75, 3.05) is 44.9 Å². The van der Waals surface area contributed by atoms with Crippen molar-refractivity contribution in [3.63, 3.8) is 0 Å². The molecule has 1 aromatic heterocycles. The Morgan fingerprint density at radius 2 is 1.84 bits per heavy atom. The predicted octanol–water partition coefficient (Wildman–Crippen LogP) is 4.22. The number of hydrogen-bond donors (Lipinski definition) is 0. The van der Waals surface area contributed by atoms with E-state index in [4.69, 9.17) is 4.74 Å². The summed E-state index contributed by atoms with van der Waals surface area (Å²) in [5.74, 6) is 0.368. The minimum Gasteiger partial charge on any atom is -0.497 e. The Labute approximate surface area is 201 Å². The molecule has 0 aliphatic rings. The molecular weight excluding hydrogens is 514 g/mol. The predicted molar refractivity (Wildman–Crippen MR) is 133 cm³/mol. The lowest BCUT2D eigenvalue weighted by Crippen LogP contribution is -2.36. The van der Waals surface area contributed by atoms with E-state index < -0.39 is 9.84 Å². The van der Waals surface area contributed by atoms with Crippen molar-refractivity contribution in [3.8, 4) is 5.75 Å². The smallest absolute Gasteiger partial charge is 0.228 e. The number of aromatic nitrogens is 1. The first-order valence-electron chi connectivity index (χ1n) is 10.1. The van der Waals surface area contributed by atoms with Crippen molar-refractivity contribution in [2.24, 2.45) is 0 Å². The van der Waals surface area contributed by atoms with Crippen molar-refractivity contribution >= 4 is 58.4 Å². The fourth-order valence-electron chi connectivity index (χ4n) is 3.08. The minimum absolute atomic E-state index is 0.0978. The molecule has 0 atom stereocenters. The summed E-state index contributed by atoms with van der Waals surface area (Å²) in [6.45, 7) is 1.16. The lowest BCUT2D eigenvalue weighted by atomic mass is 10.3. The van der Waals surface area contributed by atoms with E-state index in [9.17, 15) is 13.2 Å². The van der Waals surface area contributed by atoms with Crippen LogP contribution in [0.3, 0.4) is 0 Å². The van der Waals surface area contributed by atoms with Gasteiger partial charge in [-0.2, -0.15) is 0 Å². The Kier molecular flexibility index (Phi) is 8.26. The maximum atomic E-state index is 13.1. The topological polar surface area (TPSA) is 79.8 Å². The highest BCUT2D eigenvalue weighted by Crippen LogP contribution is 2.31. The van der Waals surface area contributed by atoms with E-state index in [0.29, 0.717) is 24.0 Å². The third-order valence-corrected chi connectivity index (χ3v) is 8.22. The van der Waals surface area contributed by atoms with Gasteiger partial charge in [-0.25, -0.2) is 13.4 Å². The number of carbonyl (C=O) groups is 1. The van der Waals surface area contributed by atoms with E-state index in [0.717, 1.165) is 14.7 Å². The monoisotopic (exact) mass is 539 g/mol. The molecule has 0 bridgehead atoms. The molecule has 172 valence electrons. The lowest BCUT2D eigenvalue weighted by molar-refractivity contribution is -0.118. The van der Waals surface area contributed by atoms with E-state index in [1.54, 1.807) is 17.0 Å². The van der Waals surface area contributed by atoms with Gasteiger partial charge in [-0.05, 0) is 63.0 Å². The highest BCUT2D eigenvalue weighted by Gasteiger charge is 2.21. The van der Waals surface area contributed by atoms with Gasteiger partial charge < -0.3 is 9.64 Å². The van der Waals surface area contributed by atoms with E-state index in [-0.39, 0.29) is 29.4 Å². The van der Waals surface area contributed by atoms with Crippen molar-refractivity contribution in [1.82, 2.24) is 9.88 Å². The van der Waals surface area contributed by atoms with Gasteiger partial charge in [0.25, 0.3) is 0 Å². The molecule has 10 heteroatoms. The second-order valence-corrected chi connectivity index (χ2v) is 11.6. The summed E-state index contributed by atoms with van der Waals surface area (Å²) in [4.78, 5) is 21.6. The highest BCUT2D eigenvalue weighted by molar-refractivity contribution is 9.10. The molecule has 0 aliphatic heterocycles. The molecule has 1 heterocycles. The van der Waals surface area contributed by atoms with Crippen LogP contribution >= 0.6 is 27.3 Å².